The van der Waals surface area contributed by atoms with Crippen molar-refractivity contribution in [2.45, 2.75) is 0 Å². The molecule has 0 aliphatic heterocycles. The maximum Gasteiger partial charge on any atom is 0.139 e. The molecule has 96 valence electrons. The van der Waals surface area contributed by atoms with E-state index in [0.29, 0.717) is 0 Å². The molecule has 0 bridgehead atoms. The summed E-state index contributed by atoms with van der Waals surface area (Å²) in [7, 11) is 2.11. The molecule has 0 fully saturated rings. The first-order chi connectivity index (χ1) is 9.72. The van der Waals surface area contributed by atoms with Crippen LogP contribution in [0.3, 0.4) is 0 Å². The van der Waals surface area contributed by atoms with E-state index in [1.165, 1.54) is 27.7 Å². The molecule has 20 heavy (non-hydrogen) atoms. The van der Waals surface area contributed by atoms with Crippen molar-refractivity contribution in [3.8, 4) is 22.3 Å². The SMILES string of the molecule is Bc1ccc(-c2ccc(-c3ccc(Br)cc3)cc2)cc1. The molecule has 0 atom stereocenters. The van der Waals surface area contributed by atoms with Crippen LogP contribution < -0.4 is 5.46 Å². The molecule has 2 heteroatoms. The Bertz CT molecular complexity index is 633. The zero-order valence-corrected chi connectivity index (χ0v) is 12.9. The maximum absolute atomic E-state index is 3.47. The molecule has 3 aromatic rings. The summed E-state index contributed by atoms with van der Waals surface area (Å²) < 4.78 is 1.11. The smallest absolute Gasteiger partial charge is 0.0889 e. The van der Waals surface area contributed by atoms with Crippen LogP contribution >= 0.6 is 15.9 Å². The fourth-order valence-corrected chi connectivity index (χ4v) is 2.51. The highest BCUT2D eigenvalue weighted by molar-refractivity contribution is 9.10. The van der Waals surface area contributed by atoms with Gasteiger partial charge in [-0.05, 0) is 34.4 Å². The number of hydrogen-bond donors (Lipinski definition) is 0. The average Bonchev–Trinajstić information content (AvgIpc) is 2.49. The van der Waals surface area contributed by atoms with Crippen LogP contribution in [0.2, 0.25) is 0 Å². The van der Waals surface area contributed by atoms with E-state index >= 15 is 0 Å². The molecule has 0 spiro atoms. The minimum absolute atomic E-state index is 1.11. The lowest BCUT2D eigenvalue weighted by Gasteiger charge is -2.05. The van der Waals surface area contributed by atoms with Crippen molar-refractivity contribution in [1.29, 1.82) is 0 Å². The molecule has 0 aliphatic rings. The van der Waals surface area contributed by atoms with Crippen molar-refractivity contribution in [2.24, 2.45) is 0 Å². The zero-order valence-electron chi connectivity index (χ0n) is 11.3. The summed E-state index contributed by atoms with van der Waals surface area (Å²) >= 11 is 3.47. The van der Waals surface area contributed by atoms with Gasteiger partial charge < -0.3 is 0 Å². The standard InChI is InChI=1S/C18H14BBr/c19-17-9-5-15(6-10-17)13-1-3-14(4-2-13)16-7-11-18(20)12-8-16/h1-12H,19H2. The van der Waals surface area contributed by atoms with Gasteiger partial charge in [-0.3, -0.25) is 0 Å². The van der Waals surface area contributed by atoms with Crippen LogP contribution in [0.1, 0.15) is 0 Å². The third-order valence-electron chi connectivity index (χ3n) is 3.45. The molecule has 3 rings (SSSR count). The number of rotatable bonds is 2. The first kappa shape index (κ1) is 13.2. The van der Waals surface area contributed by atoms with Crippen molar-refractivity contribution in [1.82, 2.24) is 0 Å². The summed E-state index contributed by atoms with van der Waals surface area (Å²) in [6.07, 6.45) is 0. The summed E-state index contributed by atoms with van der Waals surface area (Å²) in [5, 5.41) is 0. The zero-order chi connectivity index (χ0) is 13.9. The predicted octanol–water partition coefficient (Wildman–Crippen LogP) is 4.04. The molecule has 0 aliphatic carbocycles. The molecule has 0 radical (unpaired) electrons. The molecule has 0 nitrogen and oxygen atoms in total. The quantitative estimate of drug-likeness (QED) is 0.625. The van der Waals surface area contributed by atoms with Crippen LogP contribution in [-0.4, -0.2) is 7.85 Å². The van der Waals surface area contributed by atoms with E-state index in [1.54, 1.807) is 0 Å². The van der Waals surface area contributed by atoms with Crippen molar-refractivity contribution < 1.29 is 0 Å². The predicted molar refractivity (Wildman–Crippen MR) is 93.2 cm³/mol. The molecule has 0 N–H and O–H groups in total. The Morgan fingerprint density at radius 3 is 1.20 bits per heavy atom. The Balaban J connectivity index is 1.91. The normalized spacial score (nSPS) is 10.4. The summed E-state index contributed by atoms with van der Waals surface area (Å²) in [5.74, 6) is 0. The molecule has 0 saturated carbocycles. The average molecular weight is 321 g/mol. The van der Waals surface area contributed by atoms with Gasteiger partial charge in [0.15, 0.2) is 0 Å². The second kappa shape index (κ2) is 5.68. The molecular weight excluding hydrogens is 307 g/mol. The minimum atomic E-state index is 1.11. The largest absolute Gasteiger partial charge is 0.139 e. The van der Waals surface area contributed by atoms with Gasteiger partial charge in [-0.2, -0.15) is 0 Å². The minimum Gasteiger partial charge on any atom is -0.0889 e. The number of halogens is 1. The lowest BCUT2D eigenvalue weighted by atomic mass is 9.93. The Hall–Kier alpha value is -1.80. The van der Waals surface area contributed by atoms with Gasteiger partial charge in [0, 0.05) is 4.47 Å². The Labute approximate surface area is 129 Å². The second-order valence-electron chi connectivity index (χ2n) is 4.95. The van der Waals surface area contributed by atoms with E-state index in [1.807, 2.05) is 0 Å². The van der Waals surface area contributed by atoms with Gasteiger partial charge in [0.2, 0.25) is 0 Å². The molecule has 0 aromatic heterocycles. The second-order valence-corrected chi connectivity index (χ2v) is 5.87. The van der Waals surface area contributed by atoms with Gasteiger partial charge in [0.25, 0.3) is 0 Å². The monoisotopic (exact) mass is 320 g/mol. The van der Waals surface area contributed by atoms with E-state index in [4.69, 9.17) is 0 Å². The Morgan fingerprint density at radius 2 is 0.800 bits per heavy atom. The van der Waals surface area contributed by atoms with Gasteiger partial charge in [0.05, 0.1) is 0 Å². The third-order valence-corrected chi connectivity index (χ3v) is 3.98. The highest BCUT2D eigenvalue weighted by Gasteiger charge is 2.00. The van der Waals surface area contributed by atoms with E-state index in [-0.39, 0.29) is 0 Å². The van der Waals surface area contributed by atoms with Gasteiger partial charge >= 0.3 is 0 Å². The van der Waals surface area contributed by atoms with E-state index in [0.717, 1.165) is 4.47 Å². The number of benzene rings is 3. The van der Waals surface area contributed by atoms with Crippen molar-refractivity contribution in [3.05, 3.63) is 77.3 Å². The molecule has 0 saturated heterocycles. The van der Waals surface area contributed by atoms with Gasteiger partial charge in [-0.1, -0.05) is 82.1 Å². The topological polar surface area (TPSA) is 0 Å². The van der Waals surface area contributed by atoms with E-state index in [2.05, 4.69) is 96.6 Å². The van der Waals surface area contributed by atoms with Crippen LogP contribution in [0.5, 0.6) is 0 Å². The lowest BCUT2D eigenvalue weighted by molar-refractivity contribution is 1.58. The molecule has 0 amide bonds. The summed E-state index contributed by atoms with van der Waals surface area (Å²) in [5.41, 5.74) is 6.29. The van der Waals surface area contributed by atoms with Gasteiger partial charge in [-0.15, -0.1) is 0 Å². The van der Waals surface area contributed by atoms with Crippen LogP contribution in [-0.2, 0) is 0 Å². The van der Waals surface area contributed by atoms with Crippen LogP contribution in [0.15, 0.2) is 77.3 Å². The van der Waals surface area contributed by atoms with Crippen LogP contribution in [0.25, 0.3) is 22.3 Å². The highest BCUT2D eigenvalue weighted by atomic mass is 79.9. The molecular formula is C18H14BBr. The fourth-order valence-electron chi connectivity index (χ4n) is 2.24. The van der Waals surface area contributed by atoms with E-state index in [9.17, 15) is 0 Å². The van der Waals surface area contributed by atoms with Crippen LogP contribution in [0.4, 0.5) is 0 Å². The van der Waals surface area contributed by atoms with E-state index < -0.39 is 0 Å². The van der Waals surface area contributed by atoms with Gasteiger partial charge in [0.1, 0.15) is 7.85 Å². The highest BCUT2D eigenvalue weighted by Crippen LogP contribution is 2.25. The first-order valence-electron chi connectivity index (χ1n) is 6.65. The van der Waals surface area contributed by atoms with Crippen LogP contribution in [0, 0.1) is 0 Å². The Kier molecular flexibility index (Phi) is 3.75. The third kappa shape index (κ3) is 2.86. The van der Waals surface area contributed by atoms with Gasteiger partial charge in [-0.25, -0.2) is 0 Å². The van der Waals surface area contributed by atoms with Crippen molar-refractivity contribution in [2.75, 3.05) is 0 Å². The fraction of sp³-hybridized carbons (Fsp3) is 0. The Morgan fingerprint density at radius 1 is 0.500 bits per heavy atom. The lowest BCUT2D eigenvalue weighted by Crippen LogP contribution is -1.99. The summed E-state index contributed by atoms with van der Waals surface area (Å²) in [4.78, 5) is 0. The van der Waals surface area contributed by atoms with Crippen molar-refractivity contribution >= 4 is 29.2 Å². The summed E-state index contributed by atoms with van der Waals surface area (Å²) in [6.45, 7) is 0. The number of hydrogen-bond acceptors (Lipinski definition) is 0. The molecule has 0 unspecified atom stereocenters. The maximum atomic E-state index is 3.47. The van der Waals surface area contributed by atoms with Crippen molar-refractivity contribution in [3.63, 3.8) is 0 Å². The molecule has 3 aromatic carbocycles. The first-order valence-corrected chi connectivity index (χ1v) is 7.45. The summed E-state index contributed by atoms with van der Waals surface area (Å²) in [6, 6.07) is 25.8. The molecule has 0 heterocycles.